The van der Waals surface area contributed by atoms with Crippen LogP contribution in [-0.4, -0.2) is 64.6 Å². The molecule has 112 valence electrons. The zero-order valence-electron chi connectivity index (χ0n) is 11.0. The Balaban J connectivity index is 1.84. The molecule has 0 saturated carbocycles. The van der Waals surface area contributed by atoms with Gasteiger partial charge in [-0.15, -0.1) is 0 Å². The quantitative estimate of drug-likeness (QED) is 0.752. The molecule has 0 aromatic carbocycles. The van der Waals surface area contributed by atoms with Gasteiger partial charge in [-0.25, -0.2) is 16.8 Å². The largest absolute Gasteiger partial charge is 0.317 e. The minimum atomic E-state index is -3.28. The van der Waals surface area contributed by atoms with E-state index in [1.807, 2.05) is 0 Å². The van der Waals surface area contributed by atoms with Gasteiger partial charge >= 0.3 is 0 Å². The number of sulfone groups is 1. The van der Waals surface area contributed by atoms with Crippen molar-refractivity contribution in [2.75, 3.05) is 43.4 Å². The molecular formula is C11H22N2O4S2. The van der Waals surface area contributed by atoms with E-state index >= 15 is 0 Å². The lowest BCUT2D eigenvalue weighted by atomic mass is 9.96. The van der Waals surface area contributed by atoms with E-state index in [1.165, 1.54) is 4.31 Å². The van der Waals surface area contributed by atoms with Crippen LogP contribution in [-0.2, 0) is 19.9 Å². The van der Waals surface area contributed by atoms with E-state index in [2.05, 4.69) is 5.32 Å². The van der Waals surface area contributed by atoms with Gasteiger partial charge in [0.1, 0.15) is 0 Å². The first kappa shape index (κ1) is 15.2. The average molecular weight is 310 g/mol. The van der Waals surface area contributed by atoms with Gasteiger partial charge in [0.2, 0.25) is 10.0 Å². The first-order valence-corrected chi connectivity index (χ1v) is 10.2. The van der Waals surface area contributed by atoms with Gasteiger partial charge in [-0.2, -0.15) is 4.31 Å². The first-order valence-electron chi connectivity index (χ1n) is 6.78. The van der Waals surface area contributed by atoms with Crippen LogP contribution < -0.4 is 5.32 Å². The lowest BCUT2D eigenvalue weighted by Gasteiger charge is -2.27. The summed E-state index contributed by atoms with van der Waals surface area (Å²) in [6.45, 7) is 2.17. The van der Waals surface area contributed by atoms with E-state index in [9.17, 15) is 16.8 Å². The normalized spacial score (nSPS) is 26.3. The van der Waals surface area contributed by atoms with E-state index in [1.54, 1.807) is 0 Å². The van der Waals surface area contributed by atoms with Crippen molar-refractivity contribution in [3.63, 3.8) is 0 Å². The molecule has 0 bridgehead atoms. The molecule has 1 N–H and O–H groups in total. The number of nitrogens with zero attached hydrogens (tertiary/aromatic N) is 1. The van der Waals surface area contributed by atoms with Crippen molar-refractivity contribution >= 4 is 19.9 Å². The van der Waals surface area contributed by atoms with E-state index in [0.29, 0.717) is 12.3 Å². The van der Waals surface area contributed by atoms with Crippen LogP contribution in [0.3, 0.4) is 0 Å². The van der Waals surface area contributed by atoms with Gasteiger partial charge in [0.25, 0.3) is 0 Å². The second kappa shape index (κ2) is 6.07. The summed E-state index contributed by atoms with van der Waals surface area (Å²) in [7, 11) is -6.31. The highest BCUT2D eigenvalue weighted by atomic mass is 32.2. The van der Waals surface area contributed by atoms with Gasteiger partial charge in [-0.3, -0.25) is 0 Å². The molecule has 0 amide bonds. The van der Waals surface area contributed by atoms with Crippen molar-refractivity contribution < 1.29 is 16.8 Å². The summed E-state index contributed by atoms with van der Waals surface area (Å²) < 4.78 is 48.3. The maximum atomic E-state index is 12.2. The summed E-state index contributed by atoms with van der Waals surface area (Å²) in [5, 5.41) is 3.26. The summed E-state index contributed by atoms with van der Waals surface area (Å²) >= 11 is 0. The van der Waals surface area contributed by atoms with Gasteiger partial charge in [-0.05, 0) is 38.3 Å². The predicted molar refractivity (Wildman–Crippen MR) is 74.2 cm³/mol. The molecule has 2 rings (SSSR count). The summed E-state index contributed by atoms with van der Waals surface area (Å²) in [5.74, 6) is 0.543. The van der Waals surface area contributed by atoms with Gasteiger partial charge in [-0.1, -0.05) is 0 Å². The van der Waals surface area contributed by atoms with Gasteiger partial charge < -0.3 is 5.32 Å². The molecule has 19 heavy (non-hydrogen) atoms. The SMILES string of the molecule is O=S1(=O)CCN(S(=O)(=O)CCC2CCNCC2)CC1. The lowest BCUT2D eigenvalue weighted by Crippen LogP contribution is -2.44. The highest BCUT2D eigenvalue weighted by molar-refractivity contribution is 7.92. The average Bonchev–Trinajstić information content (AvgIpc) is 2.37. The molecule has 2 aliphatic heterocycles. The van der Waals surface area contributed by atoms with Crippen molar-refractivity contribution in [3.8, 4) is 0 Å². The third-order valence-electron chi connectivity index (χ3n) is 3.94. The van der Waals surface area contributed by atoms with Crippen LogP contribution in [0.2, 0.25) is 0 Å². The predicted octanol–water partition coefficient (Wildman–Crippen LogP) is -0.564. The number of nitrogens with one attached hydrogen (secondary N) is 1. The van der Waals surface area contributed by atoms with Crippen LogP contribution in [0.5, 0.6) is 0 Å². The Morgan fingerprint density at radius 2 is 1.68 bits per heavy atom. The van der Waals surface area contributed by atoms with Crippen LogP contribution in [0, 0.1) is 5.92 Å². The molecule has 0 unspecified atom stereocenters. The Morgan fingerprint density at radius 1 is 1.11 bits per heavy atom. The fourth-order valence-electron chi connectivity index (χ4n) is 2.59. The van der Waals surface area contributed by atoms with Crippen molar-refractivity contribution in [3.05, 3.63) is 0 Å². The Morgan fingerprint density at radius 3 is 2.26 bits per heavy atom. The summed E-state index contributed by atoms with van der Waals surface area (Å²) in [5.41, 5.74) is 0. The number of sulfonamides is 1. The molecule has 2 fully saturated rings. The van der Waals surface area contributed by atoms with Gasteiger partial charge in [0.05, 0.1) is 17.3 Å². The Hall–Kier alpha value is -0.180. The second-order valence-electron chi connectivity index (χ2n) is 5.35. The molecule has 0 radical (unpaired) electrons. The molecule has 6 nitrogen and oxygen atoms in total. The van der Waals surface area contributed by atoms with Gasteiger partial charge in [0, 0.05) is 13.1 Å². The molecular weight excluding hydrogens is 288 g/mol. The maximum Gasteiger partial charge on any atom is 0.214 e. The smallest absolute Gasteiger partial charge is 0.214 e. The van der Waals surface area contributed by atoms with Crippen molar-refractivity contribution in [1.29, 1.82) is 0 Å². The number of hydrogen-bond acceptors (Lipinski definition) is 5. The summed E-state index contributed by atoms with van der Waals surface area (Å²) in [4.78, 5) is 0. The molecule has 0 spiro atoms. The number of hydrogen-bond donors (Lipinski definition) is 1. The molecule has 0 aromatic heterocycles. The van der Waals surface area contributed by atoms with E-state index in [-0.39, 0.29) is 30.3 Å². The maximum absolute atomic E-state index is 12.2. The van der Waals surface area contributed by atoms with Crippen LogP contribution in [0.4, 0.5) is 0 Å². The molecule has 2 aliphatic rings. The van der Waals surface area contributed by atoms with Crippen LogP contribution in [0.25, 0.3) is 0 Å². The van der Waals surface area contributed by atoms with Crippen LogP contribution >= 0.6 is 0 Å². The standard InChI is InChI=1S/C11H22N2O4S2/c14-18(15)9-6-13(7-10-18)19(16,17)8-3-11-1-4-12-5-2-11/h11-12H,1-10H2. The molecule has 0 aromatic rings. The first-order chi connectivity index (χ1) is 8.89. The Bertz CT molecular complexity index is 481. The molecule has 0 atom stereocenters. The van der Waals surface area contributed by atoms with E-state index < -0.39 is 19.9 Å². The number of rotatable bonds is 4. The molecule has 2 heterocycles. The van der Waals surface area contributed by atoms with Crippen molar-refractivity contribution in [2.24, 2.45) is 5.92 Å². The fourth-order valence-corrected chi connectivity index (χ4v) is 5.65. The molecule has 0 aliphatic carbocycles. The van der Waals surface area contributed by atoms with Crippen molar-refractivity contribution in [1.82, 2.24) is 9.62 Å². The highest BCUT2D eigenvalue weighted by Crippen LogP contribution is 2.18. The molecule has 8 heteroatoms. The van der Waals surface area contributed by atoms with Gasteiger partial charge in [0.15, 0.2) is 9.84 Å². The topological polar surface area (TPSA) is 83.6 Å². The minimum Gasteiger partial charge on any atom is -0.317 e. The lowest BCUT2D eigenvalue weighted by molar-refractivity contribution is 0.360. The summed E-state index contributed by atoms with van der Waals surface area (Å²) in [6, 6.07) is 0. The van der Waals surface area contributed by atoms with Crippen LogP contribution in [0.1, 0.15) is 19.3 Å². The van der Waals surface area contributed by atoms with Crippen LogP contribution in [0.15, 0.2) is 0 Å². The highest BCUT2D eigenvalue weighted by Gasteiger charge is 2.30. The fraction of sp³-hybridized carbons (Fsp3) is 1.00. The van der Waals surface area contributed by atoms with Crippen molar-refractivity contribution in [2.45, 2.75) is 19.3 Å². The van der Waals surface area contributed by atoms with E-state index in [4.69, 9.17) is 0 Å². The zero-order chi connectivity index (χ0) is 13.9. The zero-order valence-corrected chi connectivity index (χ0v) is 12.7. The minimum absolute atomic E-state index is 0.0421. The third kappa shape index (κ3) is 4.40. The Labute approximate surface area is 115 Å². The van der Waals surface area contributed by atoms with E-state index in [0.717, 1.165) is 25.9 Å². The molecule has 2 saturated heterocycles. The Kier molecular flexibility index (Phi) is 4.86. The second-order valence-corrected chi connectivity index (χ2v) is 9.74. The number of piperidine rings is 1. The summed E-state index contributed by atoms with van der Waals surface area (Å²) in [6.07, 6.45) is 2.75. The third-order valence-corrected chi connectivity index (χ3v) is 7.45. The monoisotopic (exact) mass is 310 g/mol.